The smallest absolute Gasteiger partial charge is 0.398 e. The monoisotopic (exact) mass is 242 g/mol. The van der Waals surface area contributed by atoms with Gasteiger partial charge in [-0.1, -0.05) is 0 Å². The van der Waals surface area contributed by atoms with E-state index in [1.54, 1.807) is 0 Å². The second-order valence-electron chi connectivity index (χ2n) is 2.91. The van der Waals surface area contributed by atoms with Crippen molar-refractivity contribution in [2.45, 2.75) is 19.2 Å². The molecule has 1 aromatic heterocycles. The molecule has 1 rings (SSSR count). The summed E-state index contributed by atoms with van der Waals surface area (Å²) in [5, 5.41) is 8.66. The Balaban J connectivity index is 3.38. The molecule has 0 aliphatic heterocycles. The second-order valence-corrected chi connectivity index (χ2v) is 2.91. The molecule has 8 heteroatoms. The minimum absolute atomic E-state index is 0.320. The largest absolute Gasteiger partial charge is 0.433 e. The maximum Gasteiger partial charge on any atom is 0.433 e. The molecule has 16 heavy (non-hydrogen) atoms. The molecule has 0 unspecified atom stereocenters. The molecule has 0 aliphatic carbocycles. The van der Waals surface area contributed by atoms with Crippen molar-refractivity contribution in [2.75, 3.05) is 5.73 Å². The van der Waals surface area contributed by atoms with Crippen LogP contribution in [0.15, 0.2) is 6.07 Å². The van der Waals surface area contributed by atoms with Crippen LogP contribution < -0.4 is 5.73 Å². The van der Waals surface area contributed by atoms with E-state index >= 15 is 0 Å². The fourth-order valence-corrected chi connectivity index (χ4v) is 1.15. The molecule has 0 bridgehead atoms. The van der Waals surface area contributed by atoms with Gasteiger partial charge in [0.2, 0.25) is 0 Å². The maximum absolute atomic E-state index is 12.4. The summed E-state index contributed by atoms with van der Waals surface area (Å²) < 4.78 is 61.5. The third-order valence-corrected chi connectivity index (χ3v) is 1.83. The predicted molar refractivity (Wildman–Crippen MR) is 44.5 cm³/mol. The van der Waals surface area contributed by atoms with Gasteiger partial charge >= 0.3 is 6.18 Å². The highest BCUT2D eigenvalue weighted by atomic mass is 19.4. The van der Waals surface area contributed by atoms with Crippen molar-refractivity contribution in [1.82, 2.24) is 4.98 Å². The van der Waals surface area contributed by atoms with Crippen LogP contribution in [0.4, 0.5) is 27.6 Å². The third kappa shape index (κ3) is 2.38. The van der Waals surface area contributed by atoms with E-state index in [0.717, 1.165) is 0 Å². The summed E-state index contributed by atoms with van der Waals surface area (Å²) in [6, 6.07) is 0.320. The number of aliphatic hydroxyl groups excluding tert-OH is 1. The standard InChI is InChI=1S/C8H7F5N2O/c9-7(10)6-3(14)1-5(8(11,12)13)15-4(6)2-16/h1,7,16H,2H2,(H2,14,15). The number of pyridine rings is 1. The van der Waals surface area contributed by atoms with Gasteiger partial charge in [0.15, 0.2) is 0 Å². The molecule has 1 heterocycles. The van der Waals surface area contributed by atoms with E-state index < -0.39 is 41.8 Å². The lowest BCUT2D eigenvalue weighted by Gasteiger charge is -2.13. The minimum Gasteiger partial charge on any atom is -0.398 e. The molecule has 0 atom stereocenters. The van der Waals surface area contributed by atoms with Crippen LogP contribution in [0, 0.1) is 0 Å². The molecule has 0 aromatic carbocycles. The zero-order valence-electron chi connectivity index (χ0n) is 7.72. The quantitative estimate of drug-likeness (QED) is 0.781. The van der Waals surface area contributed by atoms with Gasteiger partial charge < -0.3 is 10.8 Å². The van der Waals surface area contributed by atoms with Gasteiger partial charge in [0.1, 0.15) is 5.69 Å². The van der Waals surface area contributed by atoms with E-state index in [0.29, 0.717) is 6.07 Å². The minimum atomic E-state index is -4.79. The van der Waals surface area contributed by atoms with Gasteiger partial charge in [0, 0.05) is 5.69 Å². The van der Waals surface area contributed by atoms with Gasteiger partial charge in [0.25, 0.3) is 6.43 Å². The summed E-state index contributed by atoms with van der Waals surface area (Å²) in [6.45, 7) is -1.03. The number of rotatable bonds is 2. The fourth-order valence-electron chi connectivity index (χ4n) is 1.15. The second kappa shape index (κ2) is 4.20. The number of nitrogens with two attached hydrogens (primary N) is 1. The number of anilines is 1. The molecule has 1 aromatic rings. The lowest BCUT2D eigenvalue weighted by Crippen LogP contribution is -2.13. The molecule has 0 aliphatic rings. The molecule has 0 spiro atoms. The van der Waals surface area contributed by atoms with Gasteiger partial charge in [-0.25, -0.2) is 13.8 Å². The highest BCUT2D eigenvalue weighted by Gasteiger charge is 2.34. The van der Waals surface area contributed by atoms with Crippen LogP contribution in [0.5, 0.6) is 0 Å². The van der Waals surface area contributed by atoms with Crippen molar-refractivity contribution >= 4 is 5.69 Å². The number of hydrogen-bond acceptors (Lipinski definition) is 3. The molecule has 0 fully saturated rings. The van der Waals surface area contributed by atoms with Crippen LogP contribution in [-0.4, -0.2) is 10.1 Å². The van der Waals surface area contributed by atoms with Crippen LogP contribution in [-0.2, 0) is 12.8 Å². The van der Waals surface area contributed by atoms with Crippen LogP contribution in [0.25, 0.3) is 0 Å². The Labute approximate surface area is 86.7 Å². The lowest BCUT2D eigenvalue weighted by molar-refractivity contribution is -0.141. The first kappa shape index (κ1) is 12.6. The summed E-state index contributed by atoms with van der Waals surface area (Å²) >= 11 is 0. The molecule has 3 N–H and O–H groups in total. The average Bonchev–Trinajstić information content (AvgIpc) is 2.14. The number of hydrogen-bond donors (Lipinski definition) is 2. The van der Waals surface area contributed by atoms with E-state index in [9.17, 15) is 22.0 Å². The Hall–Kier alpha value is -1.44. The molecular formula is C8H7F5N2O. The zero-order chi connectivity index (χ0) is 12.5. The Morgan fingerprint density at radius 3 is 2.31 bits per heavy atom. The summed E-state index contributed by atoms with van der Waals surface area (Å²) in [7, 11) is 0. The Kier molecular flexibility index (Phi) is 3.32. The first-order valence-corrected chi connectivity index (χ1v) is 4.03. The zero-order valence-corrected chi connectivity index (χ0v) is 7.72. The molecule has 0 amide bonds. The van der Waals surface area contributed by atoms with Crippen molar-refractivity contribution in [1.29, 1.82) is 0 Å². The van der Waals surface area contributed by atoms with Crippen LogP contribution in [0.1, 0.15) is 23.4 Å². The molecule has 3 nitrogen and oxygen atoms in total. The summed E-state index contributed by atoms with van der Waals surface area (Å²) in [5.74, 6) is 0. The van der Waals surface area contributed by atoms with Crippen LogP contribution in [0.2, 0.25) is 0 Å². The van der Waals surface area contributed by atoms with E-state index in [4.69, 9.17) is 10.8 Å². The SMILES string of the molecule is Nc1cc(C(F)(F)F)nc(CO)c1C(F)F. The van der Waals surface area contributed by atoms with Crippen molar-refractivity contribution in [3.8, 4) is 0 Å². The number of halogens is 5. The van der Waals surface area contributed by atoms with E-state index in [1.165, 1.54) is 0 Å². The number of alkyl halides is 5. The highest BCUT2D eigenvalue weighted by Crippen LogP contribution is 2.34. The number of nitrogen functional groups attached to an aromatic ring is 1. The van der Waals surface area contributed by atoms with Crippen molar-refractivity contribution < 1.29 is 27.1 Å². The maximum atomic E-state index is 12.4. The summed E-state index contributed by atoms with van der Waals surface area (Å²) in [5.41, 5.74) is 1.30. The molecule has 0 saturated carbocycles. The first-order chi connectivity index (χ1) is 7.27. The van der Waals surface area contributed by atoms with E-state index in [2.05, 4.69) is 4.98 Å². The van der Waals surface area contributed by atoms with Crippen molar-refractivity contribution in [2.24, 2.45) is 0 Å². The van der Waals surface area contributed by atoms with Gasteiger partial charge in [-0.3, -0.25) is 0 Å². The molecule has 90 valence electrons. The third-order valence-electron chi connectivity index (χ3n) is 1.83. The van der Waals surface area contributed by atoms with Crippen molar-refractivity contribution in [3.63, 3.8) is 0 Å². The first-order valence-electron chi connectivity index (χ1n) is 4.03. The highest BCUT2D eigenvalue weighted by molar-refractivity contribution is 5.51. The number of aliphatic hydroxyl groups is 1. The Morgan fingerprint density at radius 1 is 1.38 bits per heavy atom. The predicted octanol–water partition coefficient (Wildman–Crippen LogP) is 2.11. The van der Waals surface area contributed by atoms with E-state index in [-0.39, 0.29) is 0 Å². The normalized spacial score (nSPS) is 12.2. The summed E-state index contributed by atoms with van der Waals surface area (Å²) in [4.78, 5) is 2.91. The topological polar surface area (TPSA) is 59.1 Å². The van der Waals surface area contributed by atoms with Gasteiger partial charge in [-0.15, -0.1) is 0 Å². The van der Waals surface area contributed by atoms with E-state index in [1.807, 2.05) is 0 Å². The Morgan fingerprint density at radius 2 is 1.94 bits per heavy atom. The number of nitrogens with zero attached hydrogens (tertiary/aromatic N) is 1. The fraction of sp³-hybridized carbons (Fsp3) is 0.375. The van der Waals surface area contributed by atoms with Gasteiger partial charge in [-0.2, -0.15) is 13.2 Å². The molecule has 0 radical (unpaired) electrons. The van der Waals surface area contributed by atoms with Gasteiger partial charge in [-0.05, 0) is 6.07 Å². The summed E-state index contributed by atoms with van der Waals surface area (Å²) in [6.07, 6.45) is -7.88. The number of aromatic nitrogens is 1. The van der Waals surface area contributed by atoms with Crippen molar-refractivity contribution in [3.05, 3.63) is 23.0 Å². The molecular weight excluding hydrogens is 235 g/mol. The lowest BCUT2D eigenvalue weighted by atomic mass is 10.1. The van der Waals surface area contributed by atoms with Crippen LogP contribution in [0.3, 0.4) is 0 Å². The molecule has 0 saturated heterocycles. The Bertz CT molecular complexity index is 391. The van der Waals surface area contributed by atoms with Crippen LogP contribution >= 0.6 is 0 Å². The van der Waals surface area contributed by atoms with Gasteiger partial charge in [0.05, 0.1) is 17.9 Å². The average molecular weight is 242 g/mol.